The first-order valence-corrected chi connectivity index (χ1v) is 11.2. The highest BCUT2D eigenvalue weighted by molar-refractivity contribution is 9.10. The molecule has 0 aromatic heterocycles. The molecule has 0 saturated heterocycles. The van der Waals surface area contributed by atoms with Gasteiger partial charge in [0.15, 0.2) is 0 Å². The van der Waals surface area contributed by atoms with E-state index in [4.69, 9.17) is 0 Å². The first kappa shape index (κ1) is 17.0. The first-order chi connectivity index (χ1) is 13.4. The molecule has 0 bridgehead atoms. The van der Waals surface area contributed by atoms with Crippen LogP contribution in [0.15, 0.2) is 69.6 Å². The van der Waals surface area contributed by atoms with Gasteiger partial charge in [0, 0.05) is 8.95 Å². The van der Waals surface area contributed by atoms with E-state index in [1.807, 2.05) is 0 Å². The Hall–Kier alpha value is -1.90. The minimum absolute atomic E-state index is 0.0776. The predicted octanol–water partition coefficient (Wildman–Crippen LogP) is 8.66. The molecule has 5 aromatic carbocycles. The second-order valence-corrected chi connectivity index (χ2v) is 10.5. The number of hydrogen-bond acceptors (Lipinski definition) is 0. The van der Waals surface area contributed by atoms with Crippen LogP contribution in [-0.4, -0.2) is 0 Å². The van der Waals surface area contributed by atoms with Crippen molar-refractivity contribution in [3.63, 3.8) is 0 Å². The largest absolute Gasteiger partial charge is 0.0554 e. The Balaban J connectivity index is 1.93. The summed E-state index contributed by atoms with van der Waals surface area (Å²) < 4.78 is 2.28. The maximum Gasteiger partial charge on any atom is 0.0181 e. The van der Waals surface area contributed by atoms with Crippen molar-refractivity contribution in [1.29, 1.82) is 0 Å². The van der Waals surface area contributed by atoms with Crippen LogP contribution in [0, 0.1) is 0 Å². The summed E-state index contributed by atoms with van der Waals surface area (Å²) in [5, 5.41) is 11.0. The lowest BCUT2D eigenvalue weighted by Gasteiger charge is -2.35. The van der Waals surface area contributed by atoms with Gasteiger partial charge >= 0.3 is 0 Å². The van der Waals surface area contributed by atoms with Crippen LogP contribution < -0.4 is 0 Å². The van der Waals surface area contributed by atoms with Gasteiger partial charge in [-0.05, 0) is 102 Å². The minimum Gasteiger partial charge on any atom is -0.0554 e. The van der Waals surface area contributed by atoms with Crippen LogP contribution in [0.3, 0.4) is 0 Å². The summed E-state index contributed by atoms with van der Waals surface area (Å²) in [6, 6.07) is 22.7. The summed E-state index contributed by atoms with van der Waals surface area (Å²) in [6.07, 6.45) is 1.06. The topological polar surface area (TPSA) is 0 Å². The minimum atomic E-state index is 0.0776. The number of halogens is 2. The molecule has 0 spiro atoms. The van der Waals surface area contributed by atoms with Crippen LogP contribution in [0.5, 0.6) is 0 Å². The third kappa shape index (κ3) is 2.22. The number of fused-ring (bicyclic) bond motifs is 4. The molecule has 0 aliphatic heterocycles. The van der Waals surface area contributed by atoms with Crippen molar-refractivity contribution < 1.29 is 0 Å². The predicted molar refractivity (Wildman–Crippen MR) is 129 cm³/mol. The molecule has 0 amide bonds. The maximum atomic E-state index is 3.65. The highest BCUT2D eigenvalue weighted by atomic mass is 79.9. The summed E-state index contributed by atoms with van der Waals surface area (Å²) >= 11 is 7.30. The van der Waals surface area contributed by atoms with E-state index in [0.717, 1.165) is 15.4 Å². The van der Waals surface area contributed by atoms with E-state index in [0.29, 0.717) is 0 Å². The van der Waals surface area contributed by atoms with Crippen LogP contribution in [0.4, 0.5) is 0 Å². The normalized spacial score (nSPS) is 15.3. The van der Waals surface area contributed by atoms with E-state index in [1.165, 1.54) is 54.2 Å². The number of benzene rings is 5. The number of hydrogen-bond donors (Lipinski definition) is 0. The summed E-state index contributed by atoms with van der Waals surface area (Å²) in [4.78, 5) is 0. The van der Waals surface area contributed by atoms with E-state index in [9.17, 15) is 0 Å². The summed E-state index contributed by atoms with van der Waals surface area (Å²) in [6.45, 7) is 4.81. The average Bonchev–Trinajstić information content (AvgIpc) is 2.64. The van der Waals surface area contributed by atoms with Crippen LogP contribution in [0.1, 0.15) is 25.0 Å². The summed E-state index contributed by atoms with van der Waals surface area (Å²) in [5.41, 5.74) is 3.08. The molecule has 0 nitrogen and oxygen atoms in total. The SMILES string of the molecule is CC1(C)Cc2c3ccc(Br)cc3cc3ccc4cc5cc(Br)ccc5c1c4c23. The Morgan fingerprint density at radius 1 is 0.643 bits per heavy atom. The Labute approximate surface area is 180 Å². The first-order valence-electron chi connectivity index (χ1n) is 9.63. The van der Waals surface area contributed by atoms with Gasteiger partial charge in [0.1, 0.15) is 0 Å². The second-order valence-electron chi connectivity index (χ2n) is 8.66. The van der Waals surface area contributed by atoms with Crippen molar-refractivity contribution in [1.82, 2.24) is 0 Å². The monoisotopic (exact) mass is 488 g/mol. The molecule has 0 saturated carbocycles. The lowest BCUT2D eigenvalue weighted by molar-refractivity contribution is 0.531. The van der Waals surface area contributed by atoms with Crippen LogP contribution in [0.25, 0.3) is 43.1 Å². The van der Waals surface area contributed by atoms with Gasteiger partial charge < -0.3 is 0 Å². The highest BCUT2D eigenvalue weighted by Gasteiger charge is 2.32. The van der Waals surface area contributed by atoms with Crippen molar-refractivity contribution in [2.24, 2.45) is 0 Å². The number of rotatable bonds is 0. The molecule has 1 aliphatic rings. The molecule has 28 heavy (non-hydrogen) atoms. The van der Waals surface area contributed by atoms with E-state index >= 15 is 0 Å². The van der Waals surface area contributed by atoms with Crippen molar-refractivity contribution in [3.05, 3.63) is 80.7 Å². The molecule has 0 unspecified atom stereocenters. The Kier molecular flexibility index (Phi) is 3.39. The third-order valence-electron chi connectivity index (χ3n) is 6.36. The van der Waals surface area contributed by atoms with Crippen molar-refractivity contribution in [2.75, 3.05) is 0 Å². The van der Waals surface area contributed by atoms with E-state index < -0.39 is 0 Å². The maximum absolute atomic E-state index is 3.65. The van der Waals surface area contributed by atoms with Gasteiger partial charge in [-0.2, -0.15) is 0 Å². The fourth-order valence-corrected chi connectivity index (χ4v) is 6.06. The molecular formula is C26H18Br2. The molecule has 0 N–H and O–H groups in total. The molecule has 6 rings (SSSR count). The Morgan fingerprint density at radius 3 is 1.89 bits per heavy atom. The summed E-state index contributed by atoms with van der Waals surface area (Å²) in [7, 11) is 0. The molecule has 5 aromatic rings. The van der Waals surface area contributed by atoms with E-state index in [1.54, 1.807) is 0 Å². The van der Waals surface area contributed by atoms with Gasteiger partial charge in [0.25, 0.3) is 0 Å². The molecule has 2 heteroatoms. The van der Waals surface area contributed by atoms with Crippen molar-refractivity contribution in [3.8, 4) is 0 Å². The molecule has 0 fully saturated rings. The second kappa shape index (κ2) is 5.58. The third-order valence-corrected chi connectivity index (χ3v) is 7.35. The van der Waals surface area contributed by atoms with Crippen LogP contribution in [-0.2, 0) is 11.8 Å². The lowest BCUT2D eigenvalue weighted by Crippen LogP contribution is -2.25. The lowest BCUT2D eigenvalue weighted by atomic mass is 9.69. The quantitative estimate of drug-likeness (QED) is 0.151. The van der Waals surface area contributed by atoms with Crippen LogP contribution >= 0.6 is 31.9 Å². The molecule has 0 atom stereocenters. The average molecular weight is 490 g/mol. The zero-order valence-corrected chi connectivity index (χ0v) is 18.9. The molecule has 0 heterocycles. The standard InChI is InChI=1S/C26H18Br2/c1-26(2)13-22-20-7-5-18(27)11-16(20)9-14-3-4-15-10-17-12-19(28)6-8-21(17)25(26)24(15)23(14)22/h3-12H,13H2,1-2H3. The molecular weight excluding hydrogens is 472 g/mol. The smallest absolute Gasteiger partial charge is 0.0181 e. The van der Waals surface area contributed by atoms with Crippen molar-refractivity contribution in [2.45, 2.75) is 25.7 Å². The zero-order chi connectivity index (χ0) is 19.2. The van der Waals surface area contributed by atoms with Gasteiger partial charge in [-0.1, -0.05) is 70.0 Å². The fraction of sp³-hybridized carbons (Fsp3) is 0.154. The van der Waals surface area contributed by atoms with Crippen LogP contribution in [0.2, 0.25) is 0 Å². The summed E-state index contributed by atoms with van der Waals surface area (Å²) in [5.74, 6) is 0. The molecule has 1 aliphatic carbocycles. The van der Waals surface area contributed by atoms with Gasteiger partial charge in [0.2, 0.25) is 0 Å². The highest BCUT2D eigenvalue weighted by Crippen LogP contribution is 2.49. The fourth-order valence-electron chi connectivity index (χ4n) is 5.30. The Bertz CT molecular complexity index is 1480. The van der Waals surface area contributed by atoms with E-state index in [2.05, 4.69) is 106 Å². The van der Waals surface area contributed by atoms with E-state index in [-0.39, 0.29) is 5.41 Å². The van der Waals surface area contributed by atoms with Gasteiger partial charge in [-0.3, -0.25) is 0 Å². The van der Waals surface area contributed by atoms with Gasteiger partial charge in [-0.15, -0.1) is 0 Å². The molecule has 136 valence electrons. The van der Waals surface area contributed by atoms with Gasteiger partial charge in [0.05, 0.1) is 0 Å². The van der Waals surface area contributed by atoms with Crippen molar-refractivity contribution >= 4 is 74.9 Å². The molecule has 0 radical (unpaired) electrons. The zero-order valence-electron chi connectivity index (χ0n) is 15.7. The Morgan fingerprint density at radius 2 is 1.21 bits per heavy atom. The van der Waals surface area contributed by atoms with Gasteiger partial charge in [-0.25, -0.2) is 0 Å².